The molecule has 0 radical (unpaired) electrons. The van der Waals surface area contributed by atoms with E-state index in [4.69, 9.17) is 0 Å². The normalized spacial score (nSPS) is 32.6. The fourth-order valence-electron chi connectivity index (χ4n) is 2.74. The van der Waals surface area contributed by atoms with Crippen molar-refractivity contribution < 1.29 is 13.2 Å². The Morgan fingerprint density at radius 2 is 2.28 bits per heavy atom. The fraction of sp³-hybridized carbons (Fsp3) is 0.727. The van der Waals surface area contributed by atoms with Crippen molar-refractivity contribution in [2.45, 2.75) is 25.4 Å². The summed E-state index contributed by atoms with van der Waals surface area (Å²) in [4.78, 5) is 11.6. The summed E-state index contributed by atoms with van der Waals surface area (Å²) in [6, 6.07) is -0.297. The van der Waals surface area contributed by atoms with Crippen LogP contribution in [0.3, 0.4) is 0 Å². The summed E-state index contributed by atoms with van der Waals surface area (Å²) < 4.78 is 27.5. The van der Waals surface area contributed by atoms with E-state index in [1.807, 2.05) is 0 Å². The van der Waals surface area contributed by atoms with Crippen LogP contribution in [0.25, 0.3) is 0 Å². The molecule has 2 rings (SSSR count). The summed E-state index contributed by atoms with van der Waals surface area (Å²) >= 11 is 0. The van der Waals surface area contributed by atoms with E-state index in [1.165, 1.54) is 15.7 Å². The highest BCUT2D eigenvalue weighted by Crippen LogP contribution is 2.32. The van der Waals surface area contributed by atoms with Gasteiger partial charge in [-0.25, -0.2) is 0 Å². The Balaban J connectivity index is 2.24. The maximum absolute atomic E-state index is 12.4. The van der Waals surface area contributed by atoms with E-state index in [1.54, 1.807) is 13.0 Å². The zero-order valence-corrected chi connectivity index (χ0v) is 11.5. The van der Waals surface area contributed by atoms with Gasteiger partial charge in [0.25, 0.3) is 10.2 Å². The number of rotatable bonds is 4. The molecule has 0 aromatic carbocycles. The lowest BCUT2D eigenvalue weighted by Crippen LogP contribution is -2.47. The molecular formula is C11H19N3O3S. The summed E-state index contributed by atoms with van der Waals surface area (Å²) in [5.41, 5.74) is 0. The maximum Gasteiger partial charge on any atom is 0.282 e. The number of hydrogen-bond donors (Lipinski definition) is 1. The zero-order valence-electron chi connectivity index (χ0n) is 10.7. The Morgan fingerprint density at radius 3 is 2.89 bits per heavy atom. The van der Waals surface area contributed by atoms with Crippen molar-refractivity contribution in [1.29, 1.82) is 0 Å². The second kappa shape index (κ2) is 4.64. The Bertz CT molecular complexity index is 462. The first-order valence-corrected chi connectivity index (χ1v) is 7.43. The second-order valence-corrected chi connectivity index (χ2v) is 6.86. The molecule has 2 heterocycles. The molecule has 2 aliphatic rings. The van der Waals surface area contributed by atoms with Gasteiger partial charge in [0, 0.05) is 26.2 Å². The lowest BCUT2D eigenvalue weighted by molar-refractivity contribution is -0.122. The Hall–Kier alpha value is -0.920. The highest BCUT2D eigenvalue weighted by atomic mass is 32.2. The number of carbonyl (C=O) groups is 1. The minimum Gasteiger partial charge on any atom is -0.351 e. The van der Waals surface area contributed by atoms with E-state index >= 15 is 0 Å². The molecule has 2 saturated heterocycles. The van der Waals surface area contributed by atoms with E-state index in [2.05, 4.69) is 11.9 Å². The highest BCUT2D eigenvalue weighted by Gasteiger charge is 2.51. The number of hydrogen-bond acceptors (Lipinski definition) is 3. The molecular weight excluding hydrogens is 254 g/mol. The Morgan fingerprint density at radius 1 is 1.61 bits per heavy atom. The fourth-order valence-corrected chi connectivity index (χ4v) is 4.36. The smallest absolute Gasteiger partial charge is 0.282 e. The molecule has 7 heteroatoms. The molecule has 0 aliphatic carbocycles. The van der Waals surface area contributed by atoms with Crippen LogP contribution in [-0.4, -0.2) is 55.2 Å². The average Bonchev–Trinajstić information content (AvgIpc) is 2.82. The molecule has 2 fully saturated rings. The molecule has 2 aliphatic heterocycles. The van der Waals surface area contributed by atoms with Crippen molar-refractivity contribution in [3.05, 3.63) is 12.7 Å². The van der Waals surface area contributed by atoms with Crippen molar-refractivity contribution in [2.75, 3.05) is 20.1 Å². The van der Waals surface area contributed by atoms with E-state index < -0.39 is 10.2 Å². The van der Waals surface area contributed by atoms with Gasteiger partial charge in [-0.1, -0.05) is 13.0 Å². The number of nitrogens with one attached hydrogen (secondary N) is 1. The quantitative estimate of drug-likeness (QED) is 0.706. The monoisotopic (exact) mass is 273 g/mol. The third kappa shape index (κ3) is 1.96. The molecule has 1 N–H and O–H groups in total. The van der Waals surface area contributed by atoms with Crippen LogP contribution in [0.2, 0.25) is 0 Å². The van der Waals surface area contributed by atoms with E-state index in [0.29, 0.717) is 13.0 Å². The summed E-state index contributed by atoms with van der Waals surface area (Å²) in [6.07, 6.45) is 2.23. The van der Waals surface area contributed by atoms with Crippen molar-refractivity contribution in [3.63, 3.8) is 0 Å². The Labute approximate surface area is 108 Å². The predicted octanol–water partition coefficient (Wildman–Crippen LogP) is -0.442. The van der Waals surface area contributed by atoms with E-state index in [-0.39, 0.29) is 30.5 Å². The molecule has 0 aromatic heterocycles. The van der Waals surface area contributed by atoms with Gasteiger partial charge in [0.15, 0.2) is 0 Å². The first-order chi connectivity index (χ1) is 8.39. The van der Waals surface area contributed by atoms with E-state index in [9.17, 15) is 13.2 Å². The van der Waals surface area contributed by atoms with Gasteiger partial charge in [-0.2, -0.15) is 17.0 Å². The highest BCUT2D eigenvalue weighted by molar-refractivity contribution is 7.86. The lowest BCUT2D eigenvalue weighted by Gasteiger charge is -2.28. The number of fused-ring (bicyclic) bond motifs is 1. The number of amides is 1. The SMILES string of the molecule is C=CCN(C)S(=O)(=O)N1CC[C@@H]2NC(=O)[C@@H](C)[C@H]21. The van der Waals surface area contributed by atoms with Gasteiger partial charge in [-0.15, -0.1) is 6.58 Å². The first-order valence-electron chi connectivity index (χ1n) is 6.04. The van der Waals surface area contributed by atoms with Crippen LogP contribution in [0.15, 0.2) is 12.7 Å². The van der Waals surface area contributed by atoms with Crippen molar-refractivity contribution in [1.82, 2.24) is 13.9 Å². The molecule has 102 valence electrons. The molecule has 6 nitrogen and oxygen atoms in total. The zero-order chi connectivity index (χ0) is 13.5. The third-order valence-electron chi connectivity index (χ3n) is 3.74. The molecule has 0 unspecified atom stereocenters. The van der Waals surface area contributed by atoms with Crippen LogP contribution >= 0.6 is 0 Å². The molecule has 0 saturated carbocycles. The molecule has 0 aromatic rings. The maximum atomic E-state index is 12.4. The second-order valence-electron chi connectivity index (χ2n) is 4.87. The van der Waals surface area contributed by atoms with Crippen LogP contribution in [0, 0.1) is 5.92 Å². The number of nitrogens with zero attached hydrogens (tertiary/aromatic N) is 2. The molecule has 0 spiro atoms. The Kier molecular flexibility index (Phi) is 3.48. The minimum atomic E-state index is -3.51. The van der Waals surface area contributed by atoms with Gasteiger partial charge in [0.1, 0.15) is 0 Å². The van der Waals surface area contributed by atoms with Crippen LogP contribution in [-0.2, 0) is 15.0 Å². The van der Waals surface area contributed by atoms with Gasteiger partial charge in [-0.3, -0.25) is 4.79 Å². The lowest BCUT2D eigenvalue weighted by atomic mass is 10.0. The van der Waals surface area contributed by atoms with Crippen LogP contribution in [0.1, 0.15) is 13.3 Å². The average molecular weight is 273 g/mol. The summed E-state index contributed by atoms with van der Waals surface area (Å²) in [5.74, 6) is -0.347. The van der Waals surface area contributed by atoms with Crippen molar-refractivity contribution in [2.24, 2.45) is 5.92 Å². The van der Waals surface area contributed by atoms with Gasteiger partial charge in [0.05, 0.1) is 12.0 Å². The minimum absolute atomic E-state index is 0.0422. The van der Waals surface area contributed by atoms with Crippen LogP contribution in [0.4, 0.5) is 0 Å². The number of likely N-dealkylation sites (N-methyl/N-ethyl adjacent to an activating group) is 1. The summed E-state index contributed by atoms with van der Waals surface area (Å²) in [7, 11) is -1.98. The topological polar surface area (TPSA) is 69.7 Å². The first kappa shape index (κ1) is 13.5. The number of carbonyl (C=O) groups excluding carboxylic acids is 1. The van der Waals surface area contributed by atoms with Crippen molar-refractivity contribution in [3.8, 4) is 0 Å². The molecule has 0 bridgehead atoms. The molecule has 1 amide bonds. The standard InChI is InChI=1S/C11H19N3O3S/c1-4-6-13(3)18(16,17)14-7-5-9-10(14)8(2)11(15)12-9/h4,8-10H,1,5-7H2,2-3H3,(H,12,15)/t8-,9-,10+/m0/s1. The van der Waals surface area contributed by atoms with Crippen LogP contribution < -0.4 is 5.32 Å². The van der Waals surface area contributed by atoms with Crippen LogP contribution in [0.5, 0.6) is 0 Å². The van der Waals surface area contributed by atoms with Crippen molar-refractivity contribution >= 4 is 16.1 Å². The molecule has 18 heavy (non-hydrogen) atoms. The summed E-state index contributed by atoms with van der Waals surface area (Å²) in [6.45, 7) is 6.05. The summed E-state index contributed by atoms with van der Waals surface area (Å²) in [5, 5.41) is 2.85. The van der Waals surface area contributed by atoms with Gasteiger partial charge in [0.2, 0.25) is 5.91 Å². The van der Waals surface area contributed by atoms with Gasteiger partial charge >= 0.3 is 0 Å². The van der Waals surface area contributed by atoms with Gasteiger partial charge in [-0.05, 0) is 6.42 Å². The third-order valence-corrected chi connectivity index (χ3v) is 5.69. The molecule has 3 atom stereocenters. The predicted molar refractivity (Wildman–Crippen MR) is 68.0 cm³/mol. The largest absolute Gasteiger partial charge is 0.351 e. The van der Waals surface area contributed by atoms with E-state index in [0.717, 1.165) is 0 Å². The van der Waals surface area contributed by atoms with Gasteiger partial charge < -0.3 is 5.32 Å².